The number of amides is 1. The molecule has 5 heteroatoms. The van der Waals surface area contributed by atoms with Gasteiger partial charge in [0.05, 0.1) is 5.69 Å². The molecule has 1 N–H and O–H groups in total. The Kier molecular flexibility index (Phi) is 3.81. The molecule has 18 heavy (non-hydrogen) atoms. The number of carbonyl (C=O) groups excluding carboxylic acids is 1. The Hall–Kier alpha value is -1.62. The number of hydrogen-bond donors (Lipinski definition) is 1. The molecule has 0 radical (unpaired) electrons. The lowest BCUT2D eigenvalue weighted by Crippen LogP contribution is -2.33. The largest absolute Gasteiger partial charge is 0.351 e. The minimum absolute atomic E-state index is 0.0703. The summed E-state index contributed by atoms with van der Waals surface area (Å²) in [6, 6.07) is 5.90. The molecule has 0 aliphatic rings. The molecule has 0 aliphatic carbocycles. The molecule has 0 saturated carbocycles. The van der Waals surface area contributed by atoms with Crippen molar-refractivity contribution in [3.05, 3.63) is 39.4 Å². The van der Waals surface area contributed by atoms with Crippen molar-refractivity contribution in [1.82, 2.24) is 10.5 Å². The lowest BCUT2D eigenvalue weighted by Gasteiger charge is -2.11. The molecule has 0 aliphatic heterocycles. The highest BCUT2D eigenvalue weighted by Gasteiger charge is 2.14. The van der Waals surface area contributed by atoms with Gasteiger partial charge >= 0.3 is 0 Å². The molecule has 0 spiro atoms. The highest BCUT2D eigenvalue weighted by Crippen LogP contribution is 2.16. The molecule has 0 aromatic carbocycles. The molecule has 0 saturated heterocycles. The number of aryl methyl sites for hydroxylation is 2. The van der Waals surface area contributed by atoms with Gasteiger partial charge < -0.3 is 9.84 Å². The maximum absolute atomic E-state index is 11.8. The quantitative estimate of drug-likeness (QED) is 0.923. The standard InChI is InChI=1S/C13H16N2O2S/c1-8(6-11-5-4-10(3)18-11)14-13(16)12-7-9(2)15-17-12/h4-5,7-8H,6H2,1-3H3,(H,14,16)/t8-/m0/s1. The first kappa shape index (κ1) is 12.8. The first-order valence-electron chi connectivity index (χ1n) is 5.84. The Labute approximate surface area is 110 Å². The second-order valence-electron chi connectivity index (χ2n) is 4.42. The van der Waals surface area contributed by atoms with Gasteiger partial charge in [-0.3, -0.25) is 4.79 Å². The number of thiophene rings is 1. The molecule has 2 aromatic heterocycles. The predicted octanol–water partition coefficient (Wildman–Crippen LogP) is 2.71. The molecule has 1 atom stereocenters. The molecular weight excluding hydrogens is 248 g/mol. The second kappa shape index (κ2) is 5.35. The second-order valence-corrected chi connectivity index (χ2v) is 5.80. The Balaban J connectivity index is 1.91. The van der Waals surface area contributed by atoms with E-state index in [1.807, 2.05) is 6.92 Å². The number of nitrogens with zero attached hydrogens (tertiary/aromatic N) is 1. The van der Waals surface area contributed by atoms with Gasteiger partial charge in [-0.15, -0.1) is 11.3 Å². The number of nitrogens with one attached hydrogen (secondary N) is 1. The van der Waals surface area contributed by atoms with E-state index in [1.165, 1.54) is 9.75 Å². The fourth-order valence-corrected chi connectivity index (χ4v) is 2.73. The predicted molar refractivity (Wildman–Crippen MR) is 70.9 cm³/mol. The van der Waals surface area contributed by atoms with E-state index in [9.17, 15) is 4.79 Å². The highest BCUT2D eigenvalue weighted by molar-refractivity contribution is 7.11. The zero-order valence-electron chi connectivity index (χ0n) is 10.7. The third-order valence-electron chi connectivity index (χ3n) is 2.53. The molecule has 0 bridgehead atoms. The number of aromatic nitrogens is 1. The van der Waals surface area contributed by atoms with Gasteiger partial charge in [-0.05, 0) is 32.9 Å². The van der Waals surface area contributed by atoms with Gasteiger partial charge in [0.15, 0.2) is 0 Å². The Morgan fingerprint density at radius 1 is 1.50 bits per heavy atom. The third-order valence-corrected chi connectivity index (χ3v) is 3.56. The minimum Gasteiger partial charge on any atom is -0.351 e. The van der Waals surface area contributed by atoms with E-state index in [2.05, 4.69) is 29.5 Å². The summed E-state index contributed by atoms with van der Waals surface area (Å²) in [6.45, 7) is 5.85. The fourth-order valence-electron chi connectivity index (χ4n) is 1.71. The smallest absolute Gasteiger partial charge is 0.290 e. The molecule has 2 heterocycles. The monoisotopic (exact) mass is 264 g/mol. The lowest BCUT2D eigenvalue weighted by atomic mass is 10.2. The van der Waals surface area contributed by atoms with Crippen molar-refractivity contribution in [1.29, 1.82) is 0 Å². The molecule has 0 fully saturated rings. The summed E-state index contributed by atoms with van der Waals surface area (Å²) in [7, 11) is 0. The van der Waals surface area contributed by atoms with Crippen molar-refractivity contribution in [3.63, 3.8) is 0 Å². The Morgan fingerprint density at radius 2 is 2.28 bits per heavy atom. The summed E-state index contributed by atoms with van der Waals surface area (Å²) >= 11 is 1.76. The fraction of sp³-hybridized carbons (Fsp3) is 0.385. The SMILES string of the molecule is Cc1cc(C(=O)N[C@@H](C)Cc2ccc(C)s2)on1. The van der Waals surface area contributed by atoms with Crippen LogP contribution in [0.15, 0.2) is 22.7 Å². The van der Waals surface area contributed by atoms with Crippen LogP contribution >= 0.6 is 11.3 Å². The van der Waals surface area contributed by atoms with Crippen LogP contribution in [0, 0.1) is 13.8 Å². The third kappa shape index (κ3) is 3.20. The van der Waals surface area contributed by atoms with E-state index < -0.39 is 0 Å². The summed E-state index contributed by atoms with van der Waals surface area (Å²) in [5.41, 5.74) is 0.710. The van der Waals surface area contributed by atoms with E-state index >= 15 is 0 Å². The first-order chi connectivity index (χ1) is 8.54. The minimum atomic E-state index is -0.212. The summed E-state index contributed by atoms with van der Waals surface area (Å²) in [5, 5.41) is 6.60. The van der Waals surface area contributed by atoms with Crippen LogP contribution in [0.25, 0.3) is 0 Å². The molecule has 0 unspecified atom stereocenters. The van der Waals surface area contributed by atoms with E-state index in [0.29, 0.717) is 5.69 Å². The Morgan fingerprint density at radius 3 is 2.83 bits per heavy atom. The Bertz CT molecular complexity index is 545. The summed E-state index contributed by atoms with van der Waals surface area (Å²) in [6.07, 6.45) is 0.831. The molecule has 2 rings (SSSR count). The van der Waals surface area contributed by atoms with E-state index in [4.69, 9.17) is 4.52 Å². The summed E-state index contributed by atoms with van der Waals surface area (Å²) in [4.78, 5) is 14.4. The molecular formula is C13H16N2O2S. The summed E-state index contributed by atoms with van der Waals surface area (Å²) in [5.74, 6) is 0.0538. The van der Waals surface area contributed by atoms with Gasteiger partial charge in [0.25, 0.3) is 5.91 Å². The van der Waals surface area contributed by atoms with Gasteiger partial charge in [-0.25, -0.2) is 0 Å². The van der Waals surface area contributed by atoms with E-state index in [1.54, 1.807) is 24.3 Å². The van der Waals surface area contributed by atoms with Gasteiger partial charge in [0.1, 0.15) is 0 Å². The topological polar surface area (TPSA) is 55.1 Å². The highest BCUT2D eigenvalue weighted by atomic mass is 32.1. The zero-order valence-corrected chi connectivity index (χ0v) is 11.5. The molecule has 2 aromatic rings. The van der Waals surface area contributed by atoms with Crippen molar-refractivity contribution in [2.24, 2.45) is 0 Å². The van der Waals surface area contributed by atoms with Crippen molar-refractivity contribution in [2.75, 3.05) is 0 Å². The maximum atomic E-state index is 11.8. The first-order valence-corrected chi connectivity index (χ1v) is 6.66. The van der Waals surface area contributed by atoms with Crippen molar-refractivity contribution in [2.45, 2.75) is 33.2 Å². The van der Waals surface area contributed by atoms with Crippen molar-refractivity contribution < 1.29 is 9.32 Å². The number of carbonyl (C=O) groups is 1. The average Bonchev–Trinajstić information content (AvgIpc) is 2.87. The van der Waals surface area contributed by atoms with Crippen LogP contribution in [-0.2, 0) is 6.42 Å². The lowest BCUT2D eigenvalue weighted by molar-refractivity contribution is 0.0903. The molecule has 4 nitrogen and oxygen atoms in total. The molecule has 1 amide bonds. The van der Waals surface area contributed by atoms with Crippen LogP contribution in [0.3, 0.4) is 0 Å². The number of rotatable bonds is 4. The average molecular weight is 264 g/mol. The van der Waals surface area contributed by atoms with Crippen LogP contribution in [0.2, 0.25) is 0 Å². The number of hydrogen-bond acceptors (Lipinski definition) is 4. The van der Waals surface area contributed by atoms with E-state index in [-0.39, 0.29) is 17.7 Å². The molecule has 96 valence electrons. The zero-order chi connectivity index (χ0) is 13.1. The van der Waals surface area contributed by atoms with E-state index in [0.717, 1.165) is 6.42 Å². The van der Waals surface area contributed by atoms with Gasteiger partial charge in [-0.1, -0.05) is 5.16 Å². The van der Waals surface area contributed by atoms with Crippen molar-refractivity contribution in [3.8, 4) is 0 Å². The van der Waals surface area contributed by atoms with Crippen LogP contribution < -0.4 is 5.32 Å². The van der Waals surface area contributed by atoms with Crippen LogP contribution in [0.4, 0.5) is 0 Å². The van der Waals surface area contributed by atoms with Gasteiger partial charge in [0.2, 0.25) is 5.76 Å². The van der Waals surface area contributed by atoms with Crippen molar-refractivity contribution >= 4 is 17.2 Å². The van der Waals surface area contributed by atoms with Crippen LogP contribution in [0.5, 0.6) is 0 Å². The van der Waals surface area contributed by atoms with Crippen LogP contribution in [0.1, 0.15) is 32.9 Å². The van der Waals surface area contributed by atoms with Gasteiger partial charge in [-0.2, -0.15) is 0 Å². The summed E-state index contributed by atoms with van der Waals surface area (Å²) < 4.78 is 4.92. The maximum Gasteiger partial charge on any atom is 0.290 e. The normalized spacial score (nSPS) is 12.4. The van der Waals surface area contributed by atoms with Gasteiger partial charge in [0, 0.05) is 28.3 Å². The van der Waals surface area contributed by atoms with Crippen LogP contribution in [-0.4, -0.2) is 17.1 Å².